The molecule has 23 heavy (non-hydrogen) atoms. The van der Waals surface area contributed by atoms with E-state index in [0.29, 0.717) is 0 Å². The smallest absolute Gasteiger partial charge is 0.0365 e. The lowest BCUT2D eigenvalue weighted by Crippen LogP contribution is -2.18. The summed E-state index contributed by atoms with van der Waals surface area (Å²) in [5.41, 5.74) is 7.82. The van der Waals surface area contributed by atoms with Crippen LogP contribution < -0.4 is 10.6 Å². The molecule has 0 aliphatic carbocycles. The van der Waals surface area contributed by atoms with Gasteiger partial charge in [0.1, 0.15) is 0 Å². The highest BCUT2D eigenvalue weighted by Crippen LogP contribution is 2.16. The highest BCUT2D eigenvalue weighted by Gasteiger charge is 2.00. The van der Waals surface area contributed by atoms with Crippen molar-refractivity contribution in [2.75, 3.05) is 24.2 Å². The fourth-order valence-corrected chi connectivity index (χ4v) is 2.69. The highest BCUT2D eigenvalue weighted by atomic mass is 35.5. The molecule has 2 nitrogen and oxygen atoms in total. The molecule has 0 atom stereocenters. The fourth-order valence-electron chi connectivity index (χ4n) is 2.69. The van der Waals surface area contributed by atoms with Crippen molar-refractivity contribution in [1.29, 1.82) is 0 Å². The van der Waals surface area contributed by atoms with E-state index in [2.05, 4.69) is 31.0 Å². The average molecular weight is 363 g/mol. The zero-order valence-corrected chi connectivity index (χ0v) is 16.6. The van der Waals surface area contributed by atoms with Crippen LogP contribution in [0.4, 0.5) is 11.4 Å². The minimum Gasteiger partial charge on any atom is -0.399 e. The Kier molecular flexibility index (Phi) is 17.4. The summed E-state index contributed by atoms with van der Waals surface area (Å²) in [4.78, 5) is 2.32. The Morgan fingerprint density at radius 1 is 0.739 bits per heavy atom. The van der Waals surface area contributed by atoms with Crippen molar-refractivity contribution in [2.24, 2.45) is 0 Å². The molecule has 0 amide bonds. The zero-order valence-electron chi connectivity index (χ0n) is 14.9. The summed E-state index contributed by atoms with van der Waals surface area (Å²) in [7, 11) is 2.17. The standard InChI is InChI=1S/C19H34N2.2ClH/c1-3-4-5-6-7-8-9-10-11-12-17-21(2)19-15-13-18(20)14-16-19;;/h13-16H,3-12,17,20H2,1-2H3;2*1H. The molecule has 0 radical (unpaired) electrons. The van der Waals surface area contributed by atoms with E-state index in [1.807, 2.05) is 12.1 Å². The van der Waals surface area contributed by atoms with Crippen LogP contribution in [0.3, 0.4) is 0 Å². The van der Waals surface area contributed by atoms with Gasteiger partial charge in [-0.05, 0) is 30.7 Å². The summed E-state index contributed by atoms with van der Waals surface area (Å²) in [6.45, 7) is 3.42. The molecule has 0 saturated heterocycles. The van der Waals surface area contributed by atoms with Crippen molar-refractivity contribution < 1.29 is 0 Å². The number of hydrogen-bond acceptors (Lipinski definition) is 2. The molecule has 0 unspecified atom stereocenters. The van der Waals surface area contributed by atoms with Crippen LogP contribution in [0.25, 0.3) is 0 Å². The summed E-state index contributed by atoms with van der Waals surface area (Å²) in [6, 6.07) is 8.16. The minimum absolute atomic E-state index is 0. The summed E-state index contributed by atoms with van der Waals surface area (Å²) in [6.07, 6.45) is 13.9. The van der Waals surface area contributed by atoms with Crippen LogP contribution >= 0.6 is 24.8 Å². The van der Waals surface area contributed by atoms with Gasteiger partial charge in [-0.2, -0.15) is 0 Å². The molecular weight excluding hydrogens is 327 g/mol. The predicted octanol–water partition coefficient (Wildman–Crippen LogP) is 6.47. The first kappa shape index (κ1) is 24.6. The van der Waals surface area contributed by atoms with Crippen LogP contribution in [0.1, 0.15) is 71.1 Å². The number of nitrogen functional groups attached to an aromatic ring is 1. The summed E-state index contributed by atoms with van der Waals surface area (Å²) in [5, 5.41) is 0. The third-order valence-corrected chi connectivity index (χ3v) is 4.18. The summed E-state index contributed by atoms with van der Waals surface area (Å²) in [5.74, 6) is 0. The molecule has 0 saturated carbocycles. The Balaban J connectivity index is 0. The Hall–Kier alpha value is -0.600. The quantitative estimate of drug-likeness (QED) is 0.341. The van der Waals surface area contributed by atoms with E-state index in [-0.39, 0.29) is 24.8 Å². The number of nitrogens with two attached hydrogens (primary N) is 1. The number of halogens is 2. The second-order valence-corrected chi connectivity index (χ2v) is 6.20. The molecule has 1 aromatic carbocycles. The second kappa shape index (κ2) is 16.3. The number of rotatable bonds is 12. The van der Waals surface area contributed by atoms with Crippen molar-refractivity contribution in [3.8, 4) is 0 Å². The molecule has 0 aromatic heterocycles. The number of hydrogen-bond donors (Lipinski definition) is 1. The fraction of sp³-hybridized carbons (Fsp3) is 0.684. The summed E-state index contributed by atoms with van der Waals surface area (Å²) >= 11 is 0. The molecular formula is C19H36Cl2N2. The van der Waals surface area contributed by atoms with E-state index in [4.69, 9.17) is 5.73 Å². The van der Waals surface area contributed by atoms with Gasteiger partial charge >= 0.3 is 0 Å². The lowest BCUT2D eigenvalue weighted by Gasteiger charge is -2.19. The highest BCUT2D eigenvalue weighted by molar-refractivity contribution is 5.85. The second-order valence-electron chi connectivity index (χ2n) is 6.20. The predicted molar refractivity (Wildman–Crippen MR) is 110 cm³/mol. The Labute approximate surface area is 156 Å². The summed E-state index contributed by atoms with van der Waals surface area (Å²) < 4.78 is 0. The molecule has 0 aliphatic rings. The topological polar surface area (TPSA) is 29.3 Å². The van der Waals surface area contributed by atoms with Crippen LogP contribution in [0.2, 0.25) is 0 Å². The van der Waals surface area contributed by atoms with Crippen molar-refractivity contribution in [3.63, 3.8) is 0 Å². The van der Waals surface area contributed by atoms with E-state index < -0.39 is 0 Å². The minimum atomic E-state index is 0. The van der Waals surface area contributed by atoms with Gasteiger partial charge in [0.2, 0.25) is 0 Å². The van der Waals surface area contributed by atoms with Crippen LogP contribution in [0, 0.1) is 0 Å². The van der Waals surface area contributed by atoms with E-state index in [1.165, 1.54) is 69.9 Å². The average Bonchev–Trinajstić information content (AvgIpc) is 2.49. The SMILES string of the molecule is CCCCCCCCCCCCN(C)c1ccc(N)cc1.Cl.Cl. The maximum Gasteiger partial charge on any atom is 0.0365 e. The molecule has 0 spiro atoms. The Morgan fingerprint density at radius 3 is 1.65 bits per heavy atom. The van der Waals surface area contributed by atoms with Crippen LogP contribution in [-0.2, 0) is 0 Å². The largest absolute Gasteiger partial charge is 0.399 e. The molecule has 0 aliphatic heterocycles. The molecule has 2 N–H and O–H groups in total. The van der Waals surface area contributed by atoms with Gasteiger partial charge in [0.05, 0.1) is 0 Å². The van der Waals surface area contributed by atoms with Gasteiger partial charge in [-0.1, -0.05) is 64.7 Å². The van der Waals surface area contributed by atoms with Gasteiger partial charge in [0, 0.05) is 25.0 Å². The zero-order chi connectivity index (χ0) is 15.3. The number of unbranched alkanes of at least 4 members (excludes halogenated alkanes) is 9. The normalized spacial score (nSPS) is 9.83. The van der Waals surface area contributed by atoms with Crippen molar-refractivity contribution >= 4 is 36.2 Å². The van der Waals surface area contributed by atoms with Crippen molar-refractivity contribution in [3.05, 3.63) is 24.3 Å². The van der Waals surface area contributed by atoms with Crippen LogP contribution in [0.5, 0.6) is 0 Å². The van der Waals surface area contributed by atoms with E-state index in [1.54, 1.807) is 0 Å². The lowest BCUT2D eigenvalue weighted by atomic mass is 10.1. The molecule has 136 valence electrons. The maximum absolute atomic E-state index is 5.71. The van der Waals surface area contributed by atoms with Crippen LogP contribution in [0.15, 0.2) is 24.3 Å². The van der Waals surface area contributed by atoms with E-state index in [9.17, 15) is 0 Å². The van der Waals surface area contributed by atoms with Gasteiger partial charge in [0.15, 0.2) is 0 Å². The molecule has 0 heterocycles. The first-order valence-electron chi connectivity index (χ1n) is 8.80. The van der Waals surface area contributed by atoms with Crippen molar-refractivity contribution in [1.82, 2.24) is 0 Å². The molecule has 4 heteroatoms. The third-order valence-electron chi connectivity index (χ3n) is 4.18. The third kappa shape index (κ3) is 12.5. The first-order valence-corrected chi connectivity index (χ1v) is 8.80. The lowest BCUT2D eigenvalue weighted by molar-refractivity contribution is 0.556. The van der Waals surface area contributed by atoms with Gasteiger partial charge < -0.3 is 10.6 Å². The Bertz CT molecular complexity index is 355. The number of benzene rings is 1. The van der Waals surface area contributed by atoms with Gasteiger partial charge in [-0.15, -0.1) is 24.8 Å². The van der Waals surface area contributed by atoms with E-state index >= 15 is 0 Å². The number of nitrogens with zero attached hydrogens (tertiary/aromatic N) is 1. The maximum atomic E-state index is 5.71. The molecule has 0 fully saturated rings. The van der Waals surface area contributed by atoms with Gasteiger partial charge in [-0.3, -0.25) is 0 Å². The van der Waals surface area contributed by atoms with Gasteiger partial charge in [-0.25, -0.2) is 0 Å². The van der Waals surface area contributed by atoms with Gasteiger partial charge in [0.25, 0.3) is 0 Å². The van der Waals surface area contributed by atoms with E-state index in [0.717, 1.165) is 12.2 Å². The monoisotopic (exact) mass is 362 g/mol. The molecule has 1 aromatic rings. The molecule has 0 bridgehead atoms. The van der Waals surface area contributed by atoms with Crippen molar-refractivity contribution in [2.45, 2.75) is 71.1 Å². The molecule has 1 rings (SSSR count). The Morgan fingerprint density at radius 2 is 1.17 bits per heavy atom. The number of anilines is 2. The first-order chi connectivity index (χ1) is 10.2. The van der Waals surface area contributed by atoms with Crippen LogP contribution in [-0.4, -0.2) is 13.6 Å².